The van der Waals surface area contributed by atoms with Crippen molar-refractivity contribution >= 4 is 28.5 Å². The predicted molar refractivity (Wildman–Crippen MR) is 110 cm³/mol. The summed E-state index contributed by atoms with van der Waals surface area (Å²) in [5.74, 6) is -1.52. The largest absolute Gasteiger partial charge is 0.458 e. The van der Waals surface area contributed by atoms with Crippen molar-refractivity contribution in [3.05, 3.63) is 86.8 Å². The highest BCUT2D eigenvalue weighted by atomic mass is 35.5. The van der Waals surface area contributed by atoms with Crippen molar-refractivity contribution < 1.29 is 19.2 Å². The van der Waals surface area contributed by atoms with Gasteiger partial charge in [0, 0.05) is 35.0 Å². The van der Waals surface area contributed by atoms with Crippen LogP contribution in [0.4, 0.5) is 5.69 Å². The van der Waals surface area contributed by atoms with Crippen LogP contribution in [-0.2, 0) is 14.3 Å². The van der Waals surface area contributed by atoms with Crippen LogP contribution in [0.2, 0.25) is 0 Å². The molecule has 2 rings (SSSR count). The van der Waals surface area contributed by atoms with E-state index in [4.69, 9.17) is 16.3 Å². The van der Waals surface area contributed by atoms with Crippen molar-refractivity contribution in [3.63, 3.8) is 0 Å². The molecule has 0 aliphatic carbocycles. The molecular weight excluding hydrogens is 396 g/mol. The van der Waals surface area contributed by atoms with Crippen molar-refractivity contribution in [3.8, 4) is 0 Å². The van der Waals surface area contributed by atoms with Crippen LogP contribution in [0.25, 0.3) is 0 Å². The Kier molecular flexibility index (Phi) is 7.50. The molecule has 7 nitrogen and oxygen atoms in total. The molecule has 8 heteroatoms. The molecular formula is C21H21ClN2O5. The maximum Gasteiger partial charge on any atom is 0.337 e. The van der Waals surface area contributed by atoms with Gasteiger partial charge in [0.1, 0.15) is 6.61 Å². The zero-order chi connectivity index (χ0) is 21.6. The normalized spacial score (nSPS) is 17.0. The number of hydrogen-bond donors (Lipinski definition) is 1. The van der Waals surface area contributed by atoms with E-state index in [2.05, 4.69) is 5.32 Å². The Labute approximate surface area is 173 Å². The number of dihydropyridines is 1. The lowest BCUT2D eigenvalue weighted by Gasteiger charge is -2.29. The minimum absolute atomic E-state index is 0.0362. The first-order valence-electron chi connectivity index (χ1n) is 8.85. The van der Waals surface area contributed by atoms with E-state index in [-0.39, 0.29) is 23.4 Å². The van der Waals surface area contributed by atoms with Gasteiger partial charge in [-0.05, 0) is 44.0 Å². The number of allylic oxidation sites excluding steroid dienone is 6. The maximum atomic E-state index is 12.8. The number of non-ortho nitro benzene ring substituents is 1. The highest BCUT2D eigenvalue weighted by Gasteiger charge is 2.37. The van der Waals surface area contributed by atoms with Gasteiger partial charge in [-0.1, -0.05) is 30.4 Å². The number of carbonyl (C=O) groups excluding carboxylic acids is 2. The molecule has 0 amide bonds. The van der Waals surface area contributed by atoms with Crippen LogP contribution in [0.1, 0.15) is 32.3 Å². The Morgan fingerprint density at radius 3 is 2.55 bits per heavy atom. The molecule has 152 valence electrons. The van der Waals surface area contributed by atoms with E-state index >= 15 is 0 Å². The van der Waals surface area contributed by atoms with E-state index in [1.165, 1.54) is 18.2 Å². The van der Waals surface area contributed by atoms with E-state index in [1.54, 1.807) is 38.1 Å². The van der Waals surface area contributed by atoms with Crippen LogP contribution in [0.5, 0.6) is 0 Å². The topological polar surface area (TPSA) is 98.5 Å². The quantitative estimate of drug-likeness (QED) is 0.234. The summed E-state index contributed by atoms with van der Waals surface area (Å²) in [6.45, 7) is 5.23. The number of benzene rings is 1. The smallest absolute Gasteiger partial charge is 0.337 e. The van der Waals surface area contributed by atoms with Crippen molar-refractivity contribution in [1.29, 1.82) is 0 Å². The molecule has 29 heavy (non-hydrogen) atoms. The fraction of sp³-hybridized carbons (Fsp3) is 0.238. The van der Waals surface area contributed by atoms with Crippen LogP contribution >= 0.6 is 11.6 Å². The van der Waals surface area contributed by atoms with E-state index in [9.17, 15) is 19.7 Å². The summed E-state index contributed by atoms with van der Waals surface area (Å²) in [5, 5.41) is 13.4. The number of esters is 1. The number of nitrogens with zero attached hydrogens (tertiary/aromatic N) is 1. The molecule has 1 unspecified atom stereocenters. The number of carbonyl (C=O) groups is 2. The average Bonchev–Trinajstić information content (AvgIpc) is 2.66. The number of ether oxygens (including phenoxy) is 1. The minimum atomic E-state index is -0.881. The number of hydrogen-bond acceptors (Lipinski definition) is 6. The first-order valence-corrected chi connectivity index (χ1v) is 9.23. The summed E-state index contributed by atoms with van der Waals surface area (Å²) in [5.41, 5.74) is 1.54. The lowest BCUT2D eigenvalue weighted by Crippen LogP contribution is -2.31. The molecule has 1 aromatic carbocycles. The molecule has 1 N–H and O–H groups in total. The first-order chi connectivity index (χ1) is 13.8. The zero-order valence-electron chi connectivity index (χ0n) is 16.3. The van der Waals surface area contributed by atoms with Crippen LogP contribution in [0.15, 0.2) is 71.1 Å². The highest BCUT2D eigenvalue weighted by Crippen LogP contribution is 2.40. The Balaban J connectivity index is 2.50. The molecule has 0 radical (unpaired) electrons. The Hall–Kier alpha value is -3.19. The number of rotatable bonds is 7. The zero-order valence-corrected chi connectivity index (χ0v) is 17.0. The molecule has 1 aromatic rings. The predicted octanol–water partition coefficient (Wildman–Crippen LogP) is 4.27. The van der Waals surface area contributed by atoms with Crippen LogP contribution < -0.4 is 5.32 Å². The third-order valence-corrected chi connectivity index (χ3v) is 4.56. The summed E-state index contributed by atoms with van der Waals surface area (Å²) < 4.78 is 5.32. The monoisotopic (exact) mass is 416 g/mol. The molecule has 0 saturated heterocycles. The van der Waals surface area contributed by atoms with Gasteiger partial charge in [-0.25, -0.2) is 4.79 Å². The molecule has 1 atom stereocenters. The van der Waals surface area contributed by atoms with Gasteiger partial charge in [0.25, 0.3) is 10.9 Å². The van der Waals surface area contributed by atoms with Crippen molar-refractivity contribution in [2.24, 2.45) is 0 Å². The van der Waals surface area contributed by atoms with Gasteiger partial charge in [-0.15, -0.1) is 0 Å². The van der Waals surface area contributed by atoms with Crippen LogP contribution in [-0.4, -0.2) is 22.7 Å². The molecule has 1 aliphatic heterocycles. The molecule has 0 spiro atoms. The standard InChI is InChI=1S/C21H21ClN2O5/c1-4-5-6-7-11-29-21(26)18-14(3)23-13(2)17(20(22)25)19(18)15-9-8-10-16(12-15)24(27)28/h4-10,12,19,23H,11H2,1-3H3. The number of nitrogens with one attached hydrogen (secondary N) is 1. The third-order valence-electron chi connectivity index (χ3n) is 4.36. The fourth-order valence-corrected chi connectivity index (χ4v) is 3.37. The Morgan fingerprint density at radius 1 is 1.24 bits per heavy atom. The molecule has 0 aromatic heterocycles. The maximum absolute atomic E-state index is 12.8. The van der Waals surface area contributed by atoms with E-state index in [0.29, 0.717) is 17.0 Å². The minimum Gasteiger partial charge on any atom is -0.458 e. The second-order valence-electron chi connectivity index (χ2n) is 6.31. The summed E-state index contributed by atoms with van der Waals surface area (Å²) in [7, 11) is 0. The fourth-order valence-electron chi connectivity index (χ4n) is 3.12. The molecule has 0 bridgehead atoms. The summed E-state index contributed by atoms with van der Waals surface area (Å²) >= 11 is 5.81. The summed E-state index contributed by atoms with van der Waals surface area (Å²) in [6.07, 6.45) is 7.04. The van der Waals surface area contributed by atoms with Gasteiger partial charge in [0.05, 0.1) is 10.5 Å². The molecule has 0 fully saturated rings. The number of nitro groups is 1. The number of halogens is 1. The van der Waals surface area contributed by atoms with E-state index in [1.807, 2.05) is 13.0 Å². The lowest BCUT2D eigenvalue weighted by atomic mass is 9.81. The second-order valence-corrected chi connectivity index (χ2v) is 6.66. The molecule has 1 heterocycles. The highest BCUT2D eigenvalue weighted by molar-refractivity contribution is 6.68. The van der Waals surface area contributed by atoms with Crippen LogP contribution in [0.3, 0.4) is 0 Å². The van der Waals surface area contributed by atoms with Crippen LogP contribution in [0, 0.1) is 10.1 Å². The van der Waals surface area contributed by atoms with E-state index < -0.39 is 22.1 Å². The van der Waals surface area contributed by atoms with Crippen molar-refractivity contribution in [1.82, 2.24) is 5.32 Å². The van der Waals surface area contributed by atoms with Crippen molar-refractivity contribution in [2.75, 3.05) is 6.61 Å². The van der Waals surface area contributed by atoms with Crippen molar-refractivity contribution in [2.45, 2.75) is 26.7 Å². The Bertz CT molecular complexity index is 960. The molecule has 0 saturated carbocycles. The second kappa shape index (κ2) is 9.84. The van der Waals surface area contributed by atoms with Gasteiger partial charge in [-0.3, -0.25) is 14.9 Å². The third kappa shape index (κ3) is 5.20. The summed E-state index contributed by atoms with van der Waals surface area (Å²) in [4.78, 5) is 35.7. The van der Waals surface area contributed by atoms with Gasteiger partial charge in [0.2, 0.25) is 0 Å². The van der Waals surface area contributed by atoms with Gasteiger partial charge < -0.3 is 10.1 Å². The van der Waals surface area contributed by atoms with E-state index in [0.717, 1.165) is 0 Å². The van der Waals surface area contributed by atoms with Gasteiger partial charge in [-0.2, -0.15) is 0 Å². The number of nitro benzene ring substituents is 1. The summed E-state index contributed by atoms with van der Waals surface area (Å²) in [6, 6.07) is 5.78. The first kappa shape index (κ1) is 22.1. The Morgan fingerprint density at radius 2 is 1.93 bits per heavy atom. The SMILES string of the molecule is CC=CC=CCOC(=O)C1=C(C)NC(C)=C(C(=O)Cl)C1c1cccc([N+](=O)[O-])c1. The lowest BCUT2D eigenvalue weighted by molar-refractivity contribution is -0.384. The average molecular weight is 417 g/mol. The molecule has 1 aliphatic rings. The van der Waals surface area contributed by atoms with Gasteiger partial charge in [0.15, 0.2) is 0 Å². The van der Waals surface area contributed by atoms with Gasteiger partial charge >= 0.3 is 5.97 Å².